The Morgan fingerprint density at radius 3 is 2.37 bits per heavy atom. The standard InChI is InChI=1S/C13H26N2O3S/c1-4-8-14-11(13(17)18)7-9-19-10-12(16)15(5-2)6-3/h11,14H,4-10H2,1-3H3,(H,17,18). The van der Waals surface area contributed by atoms with Gasteiger partial charge < -0.3 is 15.3 Å². The molecule has 19 heavy (non-hydrogen) atoms. The van der Waals surface area contributed by atoms with E-state index in [1.807, 2.05) is 20.8 Å². The third-order valence-corrected chi connectivity index (χ3v) is 3.81. The van der Waals surface area contributed by atoms with Crippen LogP contribution in [0.5, 0.6) is 0 Å². The van der Waals surface area contributed by atoms with E-state index in [9.17, 15) is 9.59 Å². The fourth-order valence-electron chi connectivity index (χ4n) is 1.66. The molecular weight excluding hydrogens is 264 g/mol. The largest absolute Gasteiger partial charge is 0.480 e. The van der Waals surface area contributed by atoms with E-state index in [0.717, 1.165) is 19.5 Å². The molecule has 1 unspecified atom stereocenters. The van der Waals surface area contributed by atoms with Crippen molar-refractivity contribution in [3.63, 3.8) is 0 Å². The molecule has 0 rings (SSSR count). The van der Waals surface area contributed by atoms with Gasteiger partial charge in [0.1, 0.15) is 6.04 Å². The summed E-state index contributed by atoms with van der Waals surface area (Å²) in [5, 5.41) is 12.0. The van der Waals surface area contributed by atoms with Crippen LogP contribution in [0.4, 0.5) is 0 Å². The number of nitrogens with one attached hydrogen (secondary N) is 1. The van der Waals surface area contributed by atoms with Crippen molar-refractivity contribution in [3.05, 3.63) is 0 Å². The molecule has 2 N–H and O–H groups in total. The molecule has 1 atom stereocenters. The minimum atomic E-state index is -0.816. The summed E-state index contributed by atoms with van der Waals surface area (Å²) >= 11 is 1.51. The molecule has 0 aromatic carbocycles. The lowest BCUT2D eigenvalue weighted by molar-refractivity contribution is -0.139. The molecule has 0 spiro atoms. The summed E-state index contributed by atoms with van der Waals surface area (Å²) in [6, 6.07) is -0.504. The first-order chi connectivity index (χ1) is 9.06. The van der Waals surface area contributed by atoms with Crippen LogP contribution in [0.25, 0.3) is 0 Å². The number of hydrogen-bond acceptors (Lipinski definition) is 4. The lowest BCUT2D eigenvalue weighted by Crippen LogP contribution is -2.37. The number of carboxylic acids is 1. The Hall–Kier alpha value is -0.750. The van der Waals surface area contributed by atoms with Crippen molar-refractivity contribution in [2.75, 3.05) is 31.1 Å². The maximum absolute atomic E-state index is 11.7. The summed E-state index contributed by atoms with van der Waals surface area (Å²) in [6.45, 7) is 8.09. The molecule has 5 nitrogen and oxygen atoms in total. The van der Waals surface area contributed by atoms with Gasteiger partial charge in [-0.3, -0.25) is 9.59 Å². The second-order valence-electron chi connectivity index (χ2n) is 4.25. The average Bonchev–Trinajstić information content (AvgIpc) is 2.38. The monoisotopic (exact) mass is 290 g/mol. The maximum Gasteiger partial charge on any atom is 0.320 e. The summed E-state index contributed by atoms with van der Waals surface area (Å²) in [7, 11) is 0. The number of amides is 1. The zero-order valence-electron chi connectivity index (χ0n) is 12.1. The van der Waals surface area contributed by atoms with E-state index < -0.39 is 12.0 Å². The van der Waals surface area contributed by atoms with Crippen molar-refractivity contribution >= 4 is 23.6 Å². The third-order valence-electron chi connectivity index (χ3n) is 2.83. The Labute approximate surface area is 120 Å². The minimum Gasteiger partial charge on any atom is -0.480 e. The summed E-state index contributed by atoms with van der Waals surface area (Å²) in [5.74, 6) is 0.426. The molecule has 0 radical (unpaired) electrons. The summed E-state index contributed by atoms with van der Waals surface area (Å²) in [4.78, 5) is 24.5. The van der Waals surface area contributed by atoms with Crippen molar-refractivity contribution in [2.45, 2.75) is 39.7 Å². The predicted octanol–water partition coefficient (Wildman–Crippen LogP) is 1.43. The third kappa shape index (κ3) is 8.10. The first-order valence-electron chi connectivity index (χ1n) is 6.88. The number of carbonyl (C=O) groups is 2. The molecule has 1 amide bonds. The van der Waals surface area contributed by atoms with Crippen LogP contribution in [0.1, 0.15) is 33.6 Å². The van der Waals surface area contributed by atoms with Gasteiger partial charge in [0.2, 0.25) is 5.91 Å². The topological polar surface area (TPSA) is 69.6 Å². The Balaban J connectivity index is 3.87. The number of aliphatic carboxylic acids is 1. The van der Waals surface area contributed by atoms with Crippen molar-refractivity contribution in [1.82, 2.24) is 10.2 Å². The normalized spacial score (nSPS) is 12.2. The summed E-state index contributed by atoms with van der Waals surface area (Å²) in [6.07, 6.45) is 1.46. The van der Waals surface area contributed by atoms with E-state index in [1.165, 1.54) is 11.8 Å². The van der Waals surface area contributed by atoms with Crippen molar-refractivity contribution in [2.24, 2.45) is 0 Å². The smallest absolute Gasteiger partial charge is 0.320 e. The van der Waals surface area contributed by atoms with E-state index in [-0.39, 0.29) is 5.91 Å². The molecule has 0 aromatic rings. The van der Waals surface area contributed by atoms with Crippen LogP contribution in [0.15, 0.2) is 0 Å². The van der Waals surface area contributed by atoms with Gasteiger partial charge in [-0.25, -0.2) is 0 Å². The van der Waals surface area contributed by atoms with Gasteiger partial charge in [-0.05, 0) is 39.0 Å². The number of hydrogen-bond donors (Lipinski definition) is 2. The van der Waals surface area contributed by atoms with Gasteiger partial charge in [0.15, 0.2) is 0 Å². The van der Waals surface area contributed by atoms with Crippen LogP contribution in [-0.2, 0) is 9.59 Å². The number of carboxylic acid groups (broad SMARTS) is 1. The van der Waals surface area contributed by atoms with Crippen molar-refractivity contribution in [1.29, 1.82) is 0 Å². The zero-order valence-corrected chi connectivity index (χ0v) is 13.0. The highest BCUT2D eigenvalue weighted by molar-refractivity contribution is 7.99. The van der Waals surface area contributed by atoms with Crippen LogP contribution < -0.4 is 5.32 Å². The average molecular weight is 290 g/mol. The van der Waals surface area contributed by atoms with Crippen molar-refractivity contribution < 1.29 is 14.7 Å². The maximum atomic E-state index is 11.7. The Morgan fingerprint density at radius 2 is 1.89 bits per heavy atom. The van der Waals surface area contributed by atoms with Gasteiger partial charge in [-0.15, -0.1) is 0 Å². The Kier molecular flexibility index (Phi) is 10.7. The molecule has 0 aliphatic carbocycles. The van der Waals surface area contributed by atoms with Gasteiger partial charge in [-0.2, -0.15) is 11.8 Å². The van der Waals surface area contributed by atoms with Crippen LogP contribution in [-0.4, -0.2) is 59.1 Å². The Bertz CT molecular complexity index is 271. The van der Waals surface area contributed by atoms with Gasteiger partial charge in [0.25, 0.3) is 0 Å². The van der Waals surface area contributed by atoms with Gasteiger partial charge in [0, 0.05) is 13.1 Å². The quantitative estimate of drug-likeness (QED) is 0.563. The Morgan fingerprint density at radius 1 is 1.26 bits per heavy atom. The number of nitrogens with zero attached hydrogens (tertiary/aromatic N) is 1. The van der Waals surface area contributed by atoms with Crippen LogP contribution in [0, 0.1) is 0 Å². The molecule has 0 bridgehead atoms. The molecular formula is C13H26N2O3S. The molecule has 0 saturated carbocycles. The lowest BCUT2D eigenvalue weighted by atomic mass is 10.2. The molecule has 0 heterocycles. The van der Waals surface area contributed by atoms with E-state index >= 15 is 0 Å². The molecule has 0 aliphatic heterocycles. The molecule has 112 valence electrons. The van der Waals surface area contributed by atoms with E-state index in [2.05, 4.69) is 5.32 Å². The molecule has 0 aromatic heterocycles. The molecule has 0 aliphatic rings. The first kappa shape index (κ1) is 18.2. The van der Waals surface area contributed by atoms with Gasteiger partial charge >= 0.3 is 5.97 Å². The van der Waals surface area contributed by atoms with Crippen LogP contribution in [0.2, 0.25) is 0 Å². The zero-order chi connectivity index (χ0) is 14.7. The van der Waals surface area contributed by atoms with E-state index in [4.69, 9.17) is 5.11 Å². The highest BCUT2D eigenvalue weighted by Gasteiger charge is 2.16. The van der Waals surface area contributed by atoms with Crippen molar-refractivity contribution in [3.8, 4) is 0 Å². The second kappa shape index (κ2) is 11.1. The number of thioether (sulfide) groups is 1. The fourth-order valence-corrected chi connectivity index (χ4v) is 2.56. The summed E-state index contributed by atoms with van der Waals surface area (Å²) < 4.78 is 0. The highest BCUT2D eigenvalue weighted by Crippen LogP contribution is 2.07. The molecule has 0 saturated heterocycles. The fraction of sp³-hybridized carbons (Fsp3) is 0.846. The first-order valence-corrected chi connectivity index (χ1v) is 8.03. The predicted molar refractivity (Wildman–Crippen MR) is 79.6 cm³/mol. The highest BCUT2D eigenvalue weighted by atomic mass is 32.2. The SMILES string of the molecule is CCCNC(CCSCC(=O)N(CC)CC)C(=O)O. The number of carbonyl (C=O) groups excluding carboxylic acids is 1. The second-order valence-corrected chi connectivity index (χ2v) is 5.36. The molecule has 0 fully saturated rings. The minimum absolute atomic E-state index is 0.128. The van der Waals surface area contributed by atoms with Gasteiger partial charge in [0.05, 0.1) is 5.75 Å². The van der Waals surface area contributed by atoms with Crippen LogP contribution in [0.3, 0.4) is 0 Å². The van der Waals surface area contributed by atoms with E-state index in [0.29, 0.717) is 24.5 Å². The lowest BCUT2D eigenvalue weighted by Gasteiger charge is -2.18. The molecule has 6 heteroatoms. The van der Waals surface area contributed by atoms with E-state index in [1.54, 1.807) is 4.90 Å². The van der Waals surface area contributed by atoms with Crippen LogP contribution >= 0.6 is 11.8 Å². The summed E-state index contributed by atoms with van der Waals surface area (Å²) in [5.41, 5.74) is 0. The number of rotatable bonds is 11. The van der Waals surface area contributed by atoms with Gasteiger partial charge in [-0.1, -0.05) is 6.92 Å².